The number of pyridine rings is 1. The highest BCUT2D eigenvalue weighted by Gasteiger charge is 2.36. The van der Waals surface area contributed by atoms with Gasteiger partial charge in [-0.2, -0.15) is 13.2 Å². The Hall–Kier alpha value is -1.11. The molecule has 0 atom stereocenters. The molecule has 1 aromatic rings. The van der Waals surface area contributed by atoms with Gasteiger partial charge in [-0.15, -0.1) is 0 Å². The summed E-state index contributed by atoms with van der Waals surface area (Å²) in [6.07, 6.45) is -4.69. The van der Waals surface area contributed by atoms with Crippen LogP contribution >= 0.6 is 15.9 Å². The lowest BCUT2D eigenvalue weighted by atomic mass is 10.2. The predicted octanol–water partition coefficient (Wildman–Crippen LogP) is 1.96. The number of aromatic nitrogens is 1. The van der Waals surface area contributed by atoms with E-state index in [0.29, 0.717) is 0 Å². The summed E-state index contributed by atoms with van der Waals surface area (Å²) in [5, 5.41) is 0. The van der Waals surface area contributed by atoms with Crippen LogP contribution in [-0.4, -0.2) is 10.9 Å². The van der Waals surface area contributed by atoms with Gasteiger partial charge in [0.2, 0.25) is 0 Å². The van der Waals surface area contributed by atoms with Crippen molar-refractivity contribution in [2.45, 2.75) is 6.18 Å². The number of nitrogens with zero attached hydrogens (tertiary/aromatic N) is 1. The number of carbonyl (C=O) groups is 1. The van der Waals surface area contributed by atoms with Crippen molar-refractivity contribution in [3.05, 3.63) is 28.0 Å². The van der Waals surface area contributed by atoms with Crippen LogP contribution in [0.25, 0.3) is 0 Å². The highest BCUT2D eigenvalue weighted by molar-refractivity contribution is 9.10. The van der Waals surface area contributed by atoms with E-state index in [9.17, 15) is 18.0 Å². The molecule has 1 aromatic heterocycles. The van der Waals surface area contributed by atoms with Crippen molar-refractivity contribution in [2.75, 3.05) is 0 Å². The van der Waals surface area contributed by atoms with E-state index in [0.717, 1.165) is 6.07 Å². The first kappa shape index (κ1) is 11.0. The van der Waals surface area contributed by atoms with Crippen molar-refractivity contribution >= 4 is 21.8 Å². The highest BCUT2D eigenvalue weighted by Crippen LogP contribution is 2.31. The minimum atomic E-state index is -4.69. The lowest BCUT2D eigenvalue weighted by Crippen LogP contribution is -2.20. The number of hydrogen-bond acceptors (Lipinski definition) is 2. The van der Waals surface area contributed by atoms with Crippen molar-refractivity contribution in [1.82, 2.24) is 4.98 Å². The first-order valence-corrected chi connectivity index (χ1v) is 4.15. The van der Waals surface area contributed by atoms with Gasteiger partial charge in [0.15, 0.2) is 5.69 Å². The molecule has 1 rings (SSSR count). The molecule has 0 bridgehead atoms. The third kappa shape index (κ3) is 2.22. The first-order chi connectivity index (χ1) is 6.32. The first-order valence-electron chi connectivity index (χ1n) is 3.36. The topological polar surface area (TPSA) is 56.0 Å². The Morgan fingerprint density at radius 2 is 2.00 bits per heavy atom. The second-order valence-electron chi connectivity index (χ2n) is 2.39. The van der Waals surface area contributed by atoms with E-state index in [-0.39, 0.29) is 4.60 Å². The molecule has 2 N–H and O–H groups in total. The molecule has 0 spiro atoms. The van der Waals surface area contributed by atoms with Crippen LogP contribution in [0.5, 0.6) is 0 Å². The normalized spacial score (nSPS) is 11.4. The van der Waals surface area contributed by atoms with E-state index in [1.54, 1.807) is 0 Å². The third-order valence-corrected chi connectivity index (χ3v) is 1.84. The molecule has 0 aliphatic heterocycles. The molecular weight excluding hydrogens is 265 g/mol. The summed E-state index contributed by atoms with van der Waals surface area (Å²) in [7, 11) is 0. The van der Waals surface area contributed by atoms with Crippen LogP contribution < -0.4 is 5.73 Å². The van der Waals surface area contributed by atoms with Crippen molar-refractivity contribution in [1.29, 1.82) is 0 Å². The Bertz CT molecular complexity index is 378. The van der Waals surface area contributed by atoms with E-state index in [1.165, 1.54) is 6.07 Å². The average Bonchev–Trinajstić information content (AvgIpc) is 2.01. The molecular formula is C7H4BrF3N2O. The van der Waals surface area contributed by atoms with Crippen LogP contribution in [0.4, 0.5) is 13.2 Å². The summed E-state index contributed by atoms with van der Waals surface area (Å²) in [5.74, 6) is -1.16. The van der Waals surface area contributed by atoms with Crippen molar-refractivity contribution in [2.24, 2.45) is 5.73 Å². The zero-order chi connectivity index (χ0) is 10.9. The molecule has 14 heavy (non-hydrogen) atoms. The fraction of sp³-hybridized carbons (Fsp3) is 0.143. The Balaban J connectivity index is 3.38. The minimum Gasteiger partial charge on any atom is -0.366 e. The molecule has 0 aliphatic rings. The summed E-state index contributed by atoms with van der Waals surface area (Å²) in [6.45, 7) is 0. The number of halogens is 4. The second-order valence-corrected chi connectivity index (χ2v) is 3.20. The van der Waals surface area contributed by atoms with Crippen LogP contribution in [0.15, 0.2) is 16.7 Å². The largest absolute Gasteiger partial charge is 0.434 e. The molecule has 0 aliphatic carbocycles. The number of nitrogens with two attached hydrogens (primary N) is 1. The average molecular weight is 269 g/mol. The van der Waals surface area contributed by atoms with Crippen molar-refractivity contribution < 1.29 is 18.0 Å². The molecule has 3 nitrogen and oxygen atoms in total. The van der Waals surface area contributed by atoms with Gasteiger partial charge in [-0.3, -0.25) is 4.79 Å². The quantitative estimate of drug-likeness (QED) is 0.792. The van der Waals surface area contributed by atoms with Crippen molar-refractivity contribution in [3.8, 4) is 0 Å². The van der Waals surface area contributed by atoms with E-state index in [1.807, 2.05) is 0 Å². The van der Waals surface area contributed by atoms with Gasteiger partial charge < -0.3 is 5.73 Å². The SMILES string of the molecule is NC(=O)c1ccc(Br)nc1C(F)(F)F. The predicted molar refractivity (Wildman–Crippen MR) is 45.5 cm³/mol. The number of amides is 1. The summed E-state index contributed by atoms with van der Waals surface area (Å²) >= 11 is 2.77. The second kappa shape index (κ2) is 3.56. The summed E-state index contributed by atoms with van der Waals surface area (Å²) < 4.78 is 36.9. The van der Waals surface area contributed by atoms with Crippen LogP contribution in [0, 0.1) is 0 Å². The number of primary amides is 1. The maximum Gasteiger partial charge on any atom is 0.434 e. The van der Waals surface area contributed by atoms with E-state index in [4.69, 9.17) is 5.73 Å². The van der Waals surface area contributed by atoms with Gasteiger partial charge in [-0.05, 0) is 28.1 Å². The zero-order valence-electron chi connectivity index (χ0n) is 6.60. The fourth-order valence-electron chi connectivity index (χ4n) is 0.850. The molecule has 0 aromatic carbocycles. The summed E-state index contributed by atoms with van der Waals surface area (Å²) in [4.78, 5) is 13.8. The van der Waals surface area contributed by atoms with Crippen LogP contribution in [-0.2, 0) is 6.18 Å². The van der Waals surface area contributed by atoms with Gasteiger partial charge in [0.05, 0.1) is 5.56 Å². The van der Waals surface area contributed by atoms with Crippen LogP contribution in [0.2, 0.25) is 0 Å². The van der Waals surface area contributed by atoms with Gasteiger partial charge in [-0.25, -0.2) is 4.98 Å². The van der Waals surface area contributed by atoms with Crippen LogP contribution in [0.1, 0.15) is 16.1 Å². The molecule has 0 saturated carbocycles. The summed E-state index contributed by atoms with van der Waals surface area (Å²) in [6, 6.07) is 2.19. The molecule has 0 fully saturated rings. The van der Waals surface area contributed by atoms with Crippen molar-refractivity contribution in [3.63, 3.8) is 0 Å². The minimum absolute atomic E-state index is 0.00479. The zero-order valence-corrected chi connectivity index (χ0v) is 8.19. The van der Waals surface area contributed by atoms with Gasteiger partial charge in [0.1, 0.15) is 4.60 Å². The van der Waals surface area contributed by atoms with Gasteiger partial charge in [-0.1, -0.05) is 0 Å². The molecule has 0 radical (unpaired) electrons. The van der Waals surface area contributed by atoms with E-state index >= 15 is 0 Å². The molecule has 1 heterocycles. The fourth-order valence-corrected chi connectivity index (χ4v) is 1.16. The maximum atomic E-state index is 12.3. The molecule has 7 heteroatoms. The Labute approximate surface area is 85.2 Å². The Kier molecular flexibility index (Phi) is 2.79. The number of hydrogen-bond donors (Lipinski definition) is 1. The highest BCUT2D eigenvalue weighted by atomic mass is 79.9. The number of rotatable bonds is 1. The van der Waals surface area contributed by atoms with Gasteiger partial charge in [0.25, 0.3) is 5.91 Å². The third-order valence-electron chi connectivity index (χ3n) is 1.40. The standard InChI is InChI=1S/C7H4BrF3N2O/c8-4-2-1-3(6(12)14)5(13-4)7(9,10)11/h1-2H,(H2,12,14). The van der Waals surface area contributed by atoms with Crippen LogP contribution in [0.3, 0.4) is 0 Å². The maximum absolute atomic E-state index is 12.3. The van der Waals surface area contributed by atoms with E-state index < -0.39 is 23.3 Å². The smallest absolute Gasteiger partial charge is 0.366 e. The van der Waals surface area contributed by atoms with Gasteiger partial charge >= 0.3 is 6.18 Å². The number of alkyl halides is 3. The lowest BCUT2D eigenvalue weighted by Gasteiger charge is -2.09. The van der Waals surface area contributed by atoms with Gasteiger partial charge in [0, 0.05) is 0 Å². The monoisotopic (exact) mass is 268 g/mol. The Morgan fingerprint density at radius 3 is 2.43 bits per heavy atom. The van der Waals surface area contributed by atoms with E-state index in [2.05, 4.69) is 20.9 Å². The number of carbonyl (C=O) groups excluding carboxylic acids is 1. The molecule has 76 valence electrons. The molecule has 0 unspecified atom stereocenters. The lowest BCUT2D eigenvalue weighted by molar-refractivity contribution is -0.141. The Morgan fingerprint density at radius 1 is 1.43 bits per heavy atom. The molecule has 1 amide bonds. The molecule has 0 saturated heterocycles. The summed E-state index contributed by atoms with van der Waals surface area (Å²) in [5.41, 5.74) is 2.85.